The van der Waals surface area contributed by atoms with E-state index < -0.39 is 11.9 Å². The average molecular weight is 817 g/mol. The first kappa shape index (κ1) is 35.5. The van der Waals surface area contributed by atoms with E-state index in [9.17, 15) is 19.8 Å². The summed E-state index contributed by atoms with van der Waals surface area (Å²) < 4.78 is 12.4. The van der Waals surface area contributed by atoms with Crippen LogP contribution in [-0.2, 0) is 38.3 Å². The molecule has 0 aliphatic heterocycles. The SMILES string of the molecule is C=C(C)C(=O)OCCc1cc(Cc2cc(CCOC(=O)C(=C)C)cc(-n3nc4ccc(Br)cc4n3)c2O)c(O)c(-n2nc3ccc(Br)cc3n2)c1. The van der Waals surface area contributed by atoms with Gasteiger partial charge in [0.1, 0.15) is 44.9 Å². The number of carbonyl (C=O) groups excluding carboxylic acids is 2. The largest absolute Gasteiger partial charge is 0.505 e. The van der Waals surface area contributed by atoms with Crippen LogP contribution in [-0.4, -0.2) is 65.4 Å². The number of rotatable bonds is 12. The predicted octanol–water partition coefficient (Wildman–Crippen LogP) is 7.01. The van der Waals surface area contributed by atoms with Crippen molar-refractivity contribution in [3.63, 3.8) is 0 Å². The Labute approximate surface area is 309 Å². The van der Waals surface area contributed by atoms with Crippen LogP contribution in [0, 0.1) is 0 Å². The second kappa shape index (κ2) is 14.9. The van der Waals surface area contributed by atoms with Crippen LogP contribution in [0.15, 0.2) is 93.9 Å². The van der Waals surface area contributed by atoms with Crippen molar-refractivity contribution in [2.45, 2.75) is 33.1 Å². The van der Waals surface area contributed by atoms with Crippen LogP contribution in [0.25, 0.3) is 33.4 Å². The Kier molecular flexibility index (Phi) is 10.3. The van der Waals surface area contributed by atoms with Crippen LogP contribution in [0.3, 0.4) is 0 Å². The van der Waals surface area contributed by atoms with Crippen LogP contribution in [0.2, 0.25) is 0 Å². The lowest BCUT2D eigenvalue weighted by Gasteiger charge is -2.16. The van der Waals surface area contributed by atoms with Crippen molar-refractivity contribution in [3.05, 3.63) is 116 Å². The van der Waals surface area contributed by atoms with E-state index in [4.69, 9.17) is 9.47 Å². The number of aromatic hydroxyl groups is 2. The van der Waals surface area contributed by atoms with Gasteiger partial charge < -0.3 is 19.7 Å². The third kappa shape index (κ3) is 8.02. The summed E-state index contributed by atoms with van der Waals surface area (Å²) in [6.45, 7) is 10.6. The Bertz CT molecular complexity index is 2200. The third-order valence-corrected chi connectivity index (χ3v) is 8.88. The molecule has 0 bridgehead atoms. The van der Waals surface area contributed by atoms with Crippen molar-refractivity contribution >= 4 is 65.9 Å². The molecule has 14 heteroatoms. The van der Waals surface area contributed by atoms with E-state index in [2.05, 4.69) is 65.4 Å². The molecule has 12 nitrogen and oxygen atoms in total. The summed E-state index contributed by atoms with van der Waals surface area (Å²) in [4.78, 5) is 26.9. The van der Waals surface area contributed by atoms with Gasteiger partial charge >= 0.3 is 11.9 Å². The van der Waals surface area contributed by atoms with Gasteiger partial charge in [-0.25, -0.2) is 9.59 Å². The van der Waals surface area contributed by atoms with Gasteiger partial charge in [-0.3, -0.25) is 0 Å². The Morgan fingerprint density at radius 1 is 0.647 bits per heavy atom. The van der Waals surface area contributed by atoms with Crippen LogP contribution in [0.5, 0.6) is 11.5 Å². The number of fused-ring (bicyclic) bond motifs is 2. The summed E-state index contributed by atoms with van der Waals surface area (Å²) in [5.74, 6) is -1.22. The minimum absolute atomic E-state index is 0.0646. The number of phenols is 2. The number of phenolic OH excluding ortho intramolecular Hbond substituents is 2. The van der Waals surface area contributed by atoms with Gasteiger partial charge in [0.2, 0.25) is 0 Å². The molecule has 6 rings (SSSR count). The number of halogens is 2. The van der Waals surface area contributed by atoms with E-state index in [1.165, 1.54) is 9.59 Å². The molecule has 2 heterocycles. The zero-order valence-corrected chi connectivity index (χ0v) is 30.9. The summed E-state index contributed by atoms with van der Waals surface area (Å²) in [6.07, 6.45) is 0.696. The molecule has 2 aromatic heterocycles. The molecule has 51 heavy (non-hydrogen) atoms. The van der Waals surface area contributed by atoms with Gasteiger partial charge in [-0.15, -0.1) is 30.0 Å². The smallest absolute Gasteiger partial charge is 0.333 e. The lowest BCUT2D eigenvalue weighted by molar-refractivity contribution is -0.139. The monoisotopic (exact) mass is 814 g/mol. The molecule has 0 saturated heterocycles. The highest BCUT2D eigenvalue weighted by Gasteiger charge is 2.20. The number of carbonyl (C=O) groups is 2. The first-order chi connectivity index (χ1) is 24.4. The fourth-order valence-corrected chi connectivity index (χ4v) is 6.01. The summed E-state index contributed by atoms with van der Waals surface area (Å²) in [7, 11) is 0. The first-order valence-corrected chi connectivity index (χ1v) is 17.4. The molecule has 0 aliphatic rings. The van der Waals surface area contributed by atoms with E-state index in [0.29, 0.717) is 57.4 Å². The lowest BCUT2D eigenvalue weighted by Crippen LogP contribution is -2.10. The second-order valence-electron chi connectivity index (χ2n) is 12.0. The Hall–Kier alpha value is -5.34. The molecular formula is C37H32Br2N6O6. The topological polar surface area (TPSA) is 154 Å². The highest BCUT2D eigenvalue weighted by Crippen LogP contribution is 2.35. The summed E-state index contributed by atoms with van der Waals surface area (Å²) >= 11 is 6.92. The van der Waals surface area contributed by atoms with Crippen LogP contribution < -0.4 is 0 Å². The molecule has 0 spiro atoms. The Balaban J connectivity index is 1.43. The maximum absolute atomic E-state index is 12.1. The minimum atomic E-state index is -0.504. The fraction of sp³-hybridized carbons (Fsp3) is 0.189. The zero-order chi connectivity index (χ0) is 36.4. The molecule has 4 aromatic carbocycles. The molecule has 0 unspecified atom stereocenters. The normalized spacial score (nSPS) is 11.2. The van der Waals surface area contributed by atoms with E-state index in [-0.39, 0.29) is 42.3 Å². The maximum Gasteiger partial charge on any atom is 0.333 e. The molecule has 260 valence electrons. The molecule has 0 amide bonds. The first-order valence-electron chi connectivity index (χ1n) is 15.8. The van der Waals surface area contributed by atoms with E-state index in [1.807, 2.05) is 36.4 Å². The number of hydrogen-bond donors (Lipinski definition) is 2. The van der Waals surface area contributed by atoms with Crippen molar-refractivity contribution < 1.29 is 29.3 Å². The molecule has 6 aromatic rings. The fourth-order valence-electron chi connectivity index (χ4n) is 5.31. The number of benzene rings is 4. The minimum Gasteiger partial charge on any atom is -0.505 e. The molecular weight excluding hydrogens is 784 g/mol. The highest BCUT2D eigenvalue weighted by atomic mass is 79.9. The Morgan fingerprint density at radius 2 is 1.04 bits per heavy atom. The van der Waals surface area contributed by atoms with E-state index >= 15 is 0 Å². The van der Waals surface area contributed by atoms with Gasteiger partial charge in [-0.2, -0.15) is 0 Å². The zero-order valence-electron chi connectivity index (χ0n) is 27.7. The summed E-state index contributed by atoms with van der Waals surface area (Å²) in [6, 6.07) is 18.0. The molecule has 0 aliphatic carbocycles. The lowest BCUT2D eigenvalue weighted by atomic mass is 9.96. The standard InChI is InChI=1S/C37H32Br2N6O6/c1-20(2)36(48)50-11-9-22-13-24(34(46)32(15-22)44-40-28-7-5-26(38)18-30(28)42-44)17-25-14-23(10-12-51-37(49)21(3)4)16-33(35(25)47)45-41-29-8-6-27(39)19-31(29)43-45/h5-8,13-16,18-19,46-47H,1,3,9-12,17H2,2,4H3. The van der Waals surface area contributed by atoms with Gasteiger partial charge in [0.05, 0.1) is 13.2 Å². The number of hydrogen-bond acceptors (Lipinski definition) is 10. The van der Waals surface area contributed by atoms with Crippen molar-refractivity contribution in [2.75, 3.05) is 13.2 Å². The van der Waals surface area contributed by atoms with E-state index in [0.717, 1.165) is 20.1 Å². The van der Waals surface area contributed by atoms with Gasteiger partial charge in [0.15, 0.2) is 0 Å². The van der Waals surface area contributed by atoms with E-state index in [1.54, 1.807) is 38.1 Å². The number of ether oxygens (including phenoxy) is 2. The summed E-state index contributed by atoms with van der Waals surface area (Å²) in [5.41, 5.74) is 5.98. The average Bonchev–Trinajstić information content (AvgIpc) is 3.70. The Morgan fingerprint density at radius 3 is 1.43 bits per heavy atom. The van der Waals surface area contributed by atoms with Gasteiger partial charge in [-0.1, -0.05) is 57.2 Å². The van der Waals surface area contributed by atoms with Crippen molar-refractivity contribution in [1.82, 2.24) is 30.0 Å². The predicted molar refractivity (Wildman–Crippen MR) is 198 cm³/mol. The second-order valence-corrected chi connectivity index (χ2v) is 13.8. The van der Waals surface area contributed by atoms with Crippen molar-refractivity contribution in [2.24, 2.45) is 0 Å². The molecule has 0 atom stereocenters. The number of aromatic nitrogens is 6. The van der Waals surface area contributed by atoms with Gasteiger partial charge in [0, 0.05) is 50.5 Å². The molecule has 0 saturated carbocycles. The number of nitrogens with zero attached hydrogens (tertiary/aromatic N) is 6. The molecule has 2 N–H and O–H groups in total. The van der Waals surface area contributed by atoms with Crippen molar-refractivity contribution in [3.8, 4) is 22.9 Å². The third-order valence-electron chi connectivity index (χ3n) is 7.90. The maximum atomic E-state index is 12.1. The highest BCUT2D eigenvalue weighted by molar-refractivity contribution is 9.10. The quantitative estimate of drug-likeness (QED) is 0.0975. The van der Waals surface area contributed by atoms with Crippen molar-refractivity contribution in [1.29, 1.82) is 0 Å². The number of esters is 2. The van der Waals surface area contributed by atoms with Crippen LogP contribution in [0.1, 0.15) is 36.1 Å². The van der Waals surface area contributed by atoms with Gasteiger partial charge in [0.25, 0.3) is 0 Å². The van der Waals surface area contributed by atoms with Crippen LogP contribution >= 0.6 is 31.9 Å². The van der Waals surface area contributed by atoms with Crippen LogP contribution in [0.4, 0.5) is 0 Å². The molecule has 0 radical (unpaired) electrons. The van der Waals surface area contributed by atoms with Gasteiger partial charge in [-0.05, 0) is 73.5 Å². The summed E-state index contributed by atoms with van der Waals surface area (Å²) in [5, 5.41) is 41.8. The molecule has 0 fully saturated rings.